The van der Waals surface area contributed by atoms with Crippen LogP contribution in [0, 0.1) is 11.7 Å². The van der Waals surface area contributed by atoms with Crippen LogP contribution in [0.2, 0.25) is 0 Å². The summed E-state index contributed by atoms with van der Waals surface area (Å²) in [6, 6.07) is 4.79. The van der Waals surface area contributed by atoms with Gasteiger partial charge in [0.1, 0.15) is 18.9 Å². The molecule has 150 valence electrons. The van der Waals surface area contributed by atoms with E-state index in [0.717, 1.165) is 45.0 Å². The average molecular weight is 400 g/mol. The minimum atomic E-state index is -3.71. The number of benzene rings is 1. The van der Waals surface area contributed by atoms with Crippen LogP contribution in [0.3, 0.4) is 0 Å². The highest BCUT2D eigenvalue weighted by Gasteiger charge is 2.33. The lowest BCUT2D eigenvalue weighted by Gasteiger charge is -2.31. The first kappa shape index (κ1) is 20.2. The van der Waals surface area contributed by atoms with Gasteiger partial charge in [0, 0.05) is 13.1 Å². The van der Waals surface area contributed by atoms with Gasteiger partial charge in [-0.2, -0.15) is 4.31 Å². The number of amides is 1. The van der Waals surface area contributed by atoms with Gasteiger partial charge in [-0.1, -0.05) is 0 Å². The number of hydrogen-bond donors (Lipinski definition) is 2. The average Bonchev–Trinajstić information content (AvgIpc) is 2.69. The summed E-state index contributed by atoms with van der Waals surface area (Å²) in [6.45, 7) is 5.36. The van der Waals surface area contributed by atoms with Crippen molar-refractivity contribution in [3.63, 3.8) is 0 Å². The standard InChI is InChI=1S/C18H26FN3O4S/c19-16-3-5-17(6-4-16)27(24,25)22-8-1-2-15(14-22)18(23)20-7-9-21-10-12-26-13-11-21/h3-6,15H,1-2,7-14H2,(H,20,23)/p+1/t15-/m0/s1. The third kappa shape index (κ3) is 5.25. The summed E-state index contributed by atoms with van der Waals surface area (Å²) in [5.41, 5.74) is 0. The van der Waals surface area contributed by atoms with Crippen molar-refractivity contribution in [3.05, 3.63) is 30.1 Å². The van der Waals surface area contributed by atoms with Gasteiger partial charge in [-0.3, -0.25) is 4.79 Å². The first-order chi connectivity index (χ1) is 13.0. The molecule has 2 saturated heterocycles. The van der Waals surface area contributed by atoms with Crippen molar-refractivity contribution in [1.82, 2.24) is 9.62 Å². The van der Waals surface area contributed by atoms with Gasteiger partial charge in [0.15, 0.2) is 0 Å². The van der Waals surface area contributed by atoms with Gasteiger partial charge in [-0.05, 0) is 37.1 Å². The second-order valence-electron chi connectivity index (χ2n) is 7.06. The molecule has 1 amide bonds. The van der Waals surface area contributed by atoms with E-state index < -0.39 is 15.8 Å². The van der Waals surface area contributed by atoms with Crippen LogP contribution in [-0.2, 0) is 19.6 Å². The molecule has 27 heavy (non-hydrogen) atoms. The fraction of sp³-hybridized carbons (Fsp3) is 0.611. The van der Waals surface area contributed by atoms with E-state index in [2.05, 4.69) is 5.32 Å². The van der Waals surface area contributed by atoms with Crippen molar-refractivity contribution < 1.29 is 27.2 Å². The molecule has 9 heteroatoms. The van der Waals surface area contributed by atoms with Gasteiger partial charge < -0.3 is 15.0 Å². The molecule has 2 fully saturated rings. The van der Waals surface area contributed by atoms with E-state index in [-0.39, 0.29) is 23.3 Å². The topological polar surface area (TPSA) is 80.2 Å². The molecular formula is C18H27FN3O4S+. The maximum atomic E-state index is 13.1. The lowest BCUT2D eigenvalue weighted by molar-refractivity contribution is -0.906. The molecule has 0 radical (unpaired) electrons. The van der Waals surface area contributed by atoms with Crippen LogP contribution in [0.15, 0.2) is 29.2 Å². The quantitative estimate of drug-likeness (QED) is 0.659. The number of ether oxygens (including phenoxy) is 1. The molecule has 3 rings (SSSR count). The number of hydrogen-bond acceptors (Lipinski definition) is 4. The summed E-state index contributed by atoms with van der Waals surface area (Å²) in [5.74, 6) is -0.928. The van der Waals surface area contributed by atoms with Crippen LogP contribution in [0.1, 0.15) is 12.8 Å². The number of halogens is 1. The molecule has 1 aromatic carbocycles. The van der Waals surface area contributed by atoms with Crippen molar-refractivity contribution >= 4 is 15.9 Å². The summed E-state index contributed by atoms with van der Waals surface area (Å²) in [5, 5.41) is 2.95. The van der Waals surface area contributed by atoms with Gasteiger partial charge >= 0.3 is 0 Å². The lowest BCUT2D eigenvalue weighted by Crippen LogP contribution is -3.14. The Kier molecular flexibility index (Phi) is 6.80. The number of nitrogens with zero attached hydrogens (tertiary/aromatic N) is 1. The van der Waals surface area contributed by atoms with E-state index in [9.17, 15) is 17.6 Å². The SMILES string of the molecule is O=C(NCC[NH+]1CCOCC1)[C@H]1CCCN(S(=O)(=O)c2ccc(F)cc2)C1. The van der Waals surface area contributed by atoms with Crippen LogP contribution in [0.25, 0.3) is 0 Å². The Hall–Kier alpha value is -1.55. The molecule has 2 heterocycles. The molecule has 2 aliphatic heterocycles. The van der Waals surface area contributed by atoms with Crippen LogP contribution < -0.4 is 10.2 Å². The molecule has 1 atom stereocenters. The fourth-order valence-electron chi connectivity index (χ4n) is 3.55. The van der Waals surface area contributed by atoms with Crippen molar-refractivity contribution in [2.75, 3.05) is 52.5 Å². The second kappa shape index (κ2) is 9.09. The molecule has 2 aliphatic rings. The monoisotopic (exact) mass is 400 g/mol. The van der Waals surface area contributed by atoms with Crippen LogP contribution in [-0.4, -0.2) is 71.1 Å². The number of carbonyl (C=O) groups is 1. The number of piperidine rings is 1. The Morgan fingerprint density at radius 1 is 1.26 bits per heavy atom. The van der Waals surface area contributed by atoms with E-state index in [0.29, 0.717) is 25.9 Å². The maximum absolute atomic E-state index is 13.1. The molecule has 0 bridgehead atoms. The van der Waals surface area contributed by atoms with Crippen molar-refractivity contribution in [1.29, 1.82) is 0 Å². The second-order valence-corrected chi connectivity index (χ2v) is 9.00. The first-order valence-corrected chi connectivity index (χ1v) is 10.9. The number of quaternary nitrogens is 1. The zero-order valence-corrected chi connectivity index (χ0v) is 16.1. The lowest BCUT2D eigenvalue weighted by atomic mass is 9.99. The van der Waals surface area contributed by atoms with Gasteiger partial charge in [0.2, 0.25) is 15.9 Å². The van der Waals surface area contributed by atoms with E-state index in [1.165, 1.54) is 21.3 Å². The number of sulfonamides is 1. The number of nitrogens with one attached hydrogen (secondary N) is 2. The molecular weight excluding hydrogens is 373 g/mol. The predicted molar refractivity (Wildman–Crippen MR) is 97.3 cm³/mol. The van der Waals surface area contributed by atoms with Crippen LogP contribution >= 0.6 is 0 Å². The minimum absolute atomic E-state index is 0.0564. The van der Waals surface area contributed by atoms with E-state index in [1.54, 1.807) is 0 Å². The third-order valence-electron chi connectivity index (χ3n) is 5.18. The van der Waals surface area contributed by atoms with Crippen molar-refractivity contribution in [2.45, 2.75) is 17.7 Å². The summed E-state index contributed by atoms with van der Waals surface area (Å²) in [6.07, 6.45) is 1.30. The predicted octanol–water partition coefficient (Wildman–Crippen LogP) is -0.742. The molecule has 2 N–H and O–H groups in total. The van der Waals surface area contributed by atoms with Gasteiger partial charge in [0.25, 0.3) is 0 Å². The molecule has 0 aliphatic carbocycles. The Morgan fingerprint density at radius 3 is 2.67 bits per heavy atom. The Bertz CT molecular complexity index is 735. The highest BCUT2D eigenvalue weighted by atomic mass is 32.2. The van der Waals surface area contributed by atoms with E-state index in [4.69, 9.17) is 4.74 Å². The van der Waals surface area contributed by atoms with Gasteiger partial charge in [-0.25, -0.2) is 12.8 Å². The normalized spacial score (nSPS) is 22.5. The fourth-order valence-corrected chi connectivity index (χ4v) is 5.07. The first-order valence-electron chi connectivity index (χ1n) is 9.41. The summed E-state index contributed by atoms with van der Waals surface area (Å²) < 4.78 is 45.2. The molecule has 0 unspecified atom stereocenters. The zero-order valence-electron chi connectivity index (χ0n) is 15.3. The Balaban J connectivity index is 1.53. The van der Waals surface area contributed by atoms with E-state index in [1.807, 2.05) is 0 Å². The summed E-state index contributed by atoms with van der Waals surface area (Å²) >= 11 is 0. The Morgan fingerprint density at radius 2 is 1.96 bits per heavy atom. The van der Waals surface area contributed by atoms with Crippen molar-refractivity contribution in [3.8, 4) is 0 Å². The molecule has 0 saturated carbocycles. The molecule has 7 nitrogen and oxygen atoms in total. The van der Waals surface area contributed by atoms with Crippen molar-refractivity contribution in [2.24, 2.45) is 5.92 Å². The maximum Gasteiger partial charge on any atom is 0.243 e. The third-order valence-corrected chi connectivity index (χ3v) is 7.06. The number of morpholine rings is 1. The molecule has 1 aromatic rings. The molecule has 0 spiro atoms. The van der Waals surface area contributed by atoms with Crippen LogP contribution in [0.5, 0.6) is 0 Å². The Labute approximate surface area is 159 Å². The van der Waals surface area contributed by atoms with Crippen LogP contribution in [0.4, 0.5) is 4.39 Å². The number of rotatable bonds is 6. The largest absolute Gasteiger partial charge is 0.370 e. The minimum Gasteiger partial charge on any atom is -0.370 e. The summed E-state index contributed by atoms with van der Waals surface area (Å²) in [4.78, 5) is 13.9. The molecule has 0 aromatic heterocycles. The number of carbonyl (C=O) groups excluding carboxylic acids is 1. The summed E-state index contributed by atoms with van der Waals surface area (Å²) in [7, 11) is -3.71. The van der Waals surface area contributed by atoms with Gasteiger partial charge in [-0.15, -0.1) is 0 Å². The van der Waals surface area contributed by atoms with E-state index >= 15 is 0 Å². The van der Waals surface area contributed by atoms with Gasteiger partial charge in [0.05, 0.1) is 37.1 Å². The highest BCUT2D eigenvalue weighted by molar-refractivity contribution is 7.89. The highest BCUT2D eigenvalue weighted by Crippen LogP contribution is 2.24. The smallest absolute Gasteiger partial charge is 0.243 e. The zero-order chi connectivity index (χ0) is 19.3.